The van der Waals surface area contributed by atoms with Gasteiger partial charge in [0.25, 0.3) is 5.69 Å². The quantitative estimate of drug-likeness (QED) is 0.641. The van der Waals surface area contributed by atoms with Crippen molar-refractivity contribution < 1.29 is 19.6 Å². The van der Waals surface area contributed by atoms with Gasteiger partial charge in [-0.05, 0) is 18.2 Å². The Morgan fingerprint density at radius 3 is 2.57 bits per heavy atom. The average Bonchev–Trinajstić information content (AvgIpc) is 2.47. The van der Waals surface area contributed by atoms with Crippen molar-refractivity contribution in [1.82, 2.24) is 4.98 Å². The summed E-state index contributed by atoms with van der Waals surface area (Å²) in [7, 11) is 1.49. The van der Waals surface area contributed by atoms with Gasteiger partial charge in [0, 0.05) is 17.8 Å². The number of nitro benzene ring substituents is 1. The lowest BCUT2D eigenvalue weighted by Crippen LogP contribution is -2.03. The number of hydrogen-bond acceptors (Lipinski definition) is 6. The van der Waals surface area contributed by atoms with Crippen LogP contribution >= 0.6 is 0 Å². The SMILES string of the molecule is COc1ccc(Nc2ccc(C(=O)O)c([N+](=O)[O-])c2)cn1. The van der Waals surface area contributed by atoms with Crippen LogP contribution in [0.5, 0.6) is 5.88 Å². The van der Waals surface area contributed by atoms with E-state index in [2.05, 4.69) is 10.3 Å². The third kappa shape index (κ3) is 3.24. The van der Waals surface area contributed by atoms with Gasteiger partial charge in [-0.1, -0.05) is 0 Å². The van der Waals surface area contributed by atoms with Crippen LogP contribution in [0.1, 0.15) is 10.4 Å². The lowest BCUT2D eigenvalue weighted by molar-refractivity contribution is -0.385. The number of aromatic carboxylic acids is 1. The molecule has 0 fully saturated rings. The molecule has 0 unspecified atom stereocenters. The number of rotatable bonds is 5. The maximum absolute atomic E-state index is 10.9. The molecule has 1 aromatic heterocycles. The Balaban J connectivity index is 2.29. The molecule has 0 aliphatic carbocycles. The second-order valence-electron chi connectivity index (χ2n) is 4.01. The van der Waals surface area contributed by atoms with E-state index in [1.54, 1.807) is 12.1 Å². The number of methoxy groups -OCH3 is 1. The standard InChI is InChI=1S/C13H11N3O5/c1-21-12-5-3-9(7-14-12)15-8-2-4-10(13(17)18)11(6-8)16(19)20/h2-7,15H,1H3,(H,17,18). The molecule has 8 nitrogen and oxygen atoms in total. The number of aromatic nitrogens is 1. The van der Waals surface area contributed by atoms with Gasteiger partial charge >= 0.3 is 5.97 Å². The number of nitro groups is 1. The van der Waals surface area contributed by atoms with Crippen LogP contribution < -0.4 is 10.1 Å². The van der Waals surface area contributed by atoms with Gasteiger partial charge in [-0.15, -0.1) is 0 Å². The van der Waals surface area contributed by atoms with E-state index in [1.807, 2.05) is 0 Å². The molecule has 2 N–H and O–H groups in total. The number of benzene rings is 1. The second-order valence-corrected chi connectivity index (χ2v) is 4.01. The molecule has 108 valence electrons. The Labute approximate surface area is 119 Å². The van der Waals surface area contributed by atoms with E-state index in [0.717, 1.165) is 6.07 Å². The van der Waals surface area contributed by atoms with Crippen LogP contribution in [0.2, 0.25) is 0 Å². The van der Waals surface area contributed by atoms with Crippen molar-refractivity contribution in [2.75, 3.05) is 12.4 Å². The van der Waals surface area contributed by atoms with Crippen molar-refractivity contribution in [2.24, 2.45) is 0 Å². The first kappa shape index (κ1) is 14.3. The first-order valence-corrected chi connectivity index (χ1v) is 5.80. The highest BCUT2D eigenvalue weighted by Gasteiger charge is 2.20. The Hall–Kier alpha value is -3.16. The molecular weight excluding hydrogens is 278 g/mol. The third-order valence-electron chi connectivity index (χ3n) is 2.66. The first-order chi connectivity index (χ1) is 10.0. The van der Waals surface area contributed by atoms with Crippen molar-refractivity contribution in [3.63, 3.8) is 0 Å². The van der Waals surface area contributed by atoms with Crippen LogP contribution in [0, 0.1) is 10.1 Å². The van der Waals surface area contributed by atoms with Gasteiger partial charge in [-0.2, -0.15) is 0 Å². The lowest BCUT2D eigenvalue weighted by atomic mass is 10.1. The van der Waals surface area contributed by atoms with E-state index < -0.39 is 16.6 Å². The summed E-state index contributed by atoms with van der Waals surface area (Å²) < 4.78 is 4.92. The monoisotopic (exact) mass is 289 g/mol. The molecule has 0 saturated carbocycles. The number of nitrogens with one attached hydrogen (secondary N) is 1. The van der Waals surface area contributed by atoms with Gasteiger partial charge in [0.1, 0.15) is 5.56 Å². The summed E-state index contributed by atoms with van der Waals surface area (Å²) >= 11 is 0. The first-order valence-electron chi connectivity index (χ1n) is 5.80. The molecule has 0 aliphatic rings. The summed E-state index contributed by atoms with van der Waals surface area (Å²) in [5.74, 6) is -0.910. The van der Waals surface area contributed by atoms with Crippen LogP contribution in [0.15, 0.2) is 36.5 Å². The minimum absolute atomic E-state index is 0.363. The molecule has 1 aromatic carbocycles. The number of carboxylic acids is 1. The zero-order chi connectivity index (χ0) is 15.4. The zero-order valence-corrected chi connectivity index (χ0v) is 10.9. The number of pyridine rings is 1. The molecule has 8 heteroatoms. The molecule has 0 aliphatic heterocycles. The van der Waals surface area contributed by atoms with E-state index in [-0.39, 0.29) is 5.56 Å². The Kier molecular flexibility index (Phi) is 3.98. The molecule has 0 atom stereocenters. The van der Waals surface area contributed by atoms with E-state index in [9.17, 15) is 14.9 Å². The maximum Gasteiger partial charge on any atom is 0.342 e. The van der Waals surface area contributed by atoms with E-state index in [0.29, 0.717) is 17.3 Å². The molecule has 2 aromatic rings. The van der Waals surface area contributed by atoms with Gasteiger partial charge in [0.15, 0.2) is 0 Å². The Morgan fingerprint density at radius 2 is 2.05 bits per heavy atom. The van der Waals surface area contributed by atoms with E-state index >= 15 is 0 Å². The lowest BCUT2D eigenvalue weighted by Gasteiger charge is -2.07. The largest absolute Gasteiger partial charge is 0.481 e. The van der Waals surface area contributed by atoms with E-state index in [1.165, 1.54) is 25.4 Å². The number of carboxylic acid groups (broad SMARTS) is 1. The van der Waals surface area contributed by atoms with Crippen LogP contribution in [-0.2, 0) is 0 Å². The summed E-state index contributed by atoms with van der Waals surface area (Å²) in [6.45, 7) is 0. The molecule has 0 amide bonds. The minimum Gasteiger partial charge on any atom is -0.481 e. The molecule has 2 rings (SSSR count). The molecule has 1 heterocycles. The van der Waals surface area contributed by atoms with Crippen molar-refractivity contribution in [3.05, 3.63) is 52.2 Å². The van der Waals surface area contributed by atoms with Gasteiger partial charge in [-0.25, -0.2) is 9.78 Å². The van der Waals surface area contributed by atoms with Gasteiger partial charge < -0.3 is 15.2 Å². The highest BCUT2D eigenvalue weighted by molar-refractivity contribution is 5.93. The summed E-state index contributed by atoms with van der Waals surface area (Å²) in [4.78, 5) is 25.1. The Bertz CT molecular complexity index is 685. The molecule has 0 radical (unpaired) electrons. The average molecular weight is 289 g/mol. The highest BCUT2D eigenvalue weighted by Crippen LogP contribution is 2.25. The number of anilines is 2. The normalized spacial score (nSPS) is 9.95. The van der Waals surface area contributed by atoms with Crippen molar-refractivity contribution in [1.29, 1.82) is 0 Å². The topological polar surface area (TPSA) is 115 Å². The molecule has 0 spiro atoms. The molecule has 21 heavy (non-hydrogen) atoms. The summed E-state index contributed by atoms with van der Waals surface area (Å²) in [5, 5.41) is 22.7. The number of hydrogen-bond donors (Lipinski definition) is 2. The van der Waals surface area contributed by atoms with Gasteiger partial charge in [0.2, 0.25) is 5.88 Å². The van der Waals surface area contributed by atoms with Gasteiger partial charge in [0.05, 0.1) is 23.9 Å². The predicted molar refractivity (Wildman–Crippen MR) is 74.1 cm³/mol. The number of carbonyl (C=O) groups is 1. The zero-order valence-electron chi connectivity index (χ0n) is 10.9. The fourth-order valence-corrected chi connectivity index (χ4v) is 1.68. The molecule has 0 bridgehead atoms. The van der Waals surface area contributed by atoms with Crippen LogP contribution in [0.25, 0.3) is 0 Å². The fourth-order valence-electron chi connectivity index (χ4n) is 1.68. The smallest absolute Gasteiger partial charge is 0.342 e. The summed E-state index contributed by atoms with van der Waals surface area (Å²) in [6, 6.07) is 7.10. The second kappa shape index (κ2) is 5.87. The third-order valence-corrected chi connectivity index (χ3v) is 2.66. The van der Waals surface area contributed by atoms with E-state index in [4.69, 9.17) is 9.84 Å². The summed E-state index contributed by atoms with van der Waals surface area (Å²) in [6.07, 6.45) is 1.50. The minimum atomic E-state index is -1.35. The summed E-state index contributed by atoms with van der Waals surface area (Å²) in [5.41, 5.74) is 0.138. The number of nitrogens with zero attached hydrogens (tertiary/aromatic N) is 2. The van der Waals surface area contributed by atoms with Crippen molar-refractivity contribution >= 4 is 23.0 Å². The number of ether oxygens (including phenoxy) is 1. The maximum atomic E-state index is 10.9. The highest BCUT2D eigenvalue weighted by atomic mass is 16.6. The molecular formula is C13H11N3O5. The van der Waals surface area contributed by atoms with Crippen LogP contribution in [0.3, 0.4) is 0 Å². The van der Waals surface area contributed by atoms with Crippen LogP contribution in [-0.4, -0.2) is 28.1 Å². The Morgan fingerprint density at radius 1 is 1.33 bits per heavy atom. The van der Waals surface area contributed by atoms with Gasteiger partial charge in [-0.3, -0.25) is 10.1 Å². The predicted octanol–water partition coefficient (Wildman–Crippen LogP) is 2.44. The van der Waals surface area contributed by atoms with Crippen molar-refractivity contribution in [2.45, 2.75) is 0 Å². The van der Waals surface area contributed by atoms with Crippen LogP contribution in [0.4, 0.5) is 17.1 Å². The molecule has 0 saturated heterocycles. The van der Waals surface area contributed by atoms with Crippen molar-refractivity contribution in [3.8, 4) is 5.88 Å². The fraction of sp³-hybridized carbons (Fsp3) is 0.0769.